The van der Waals surface area contributed by atoms with Crippen LogP contribution >= 0.6 is 45.8 Å². The lowest BCUT2D eigenvalue weighted by molar-refractivity contribution is 0.102. The van der Waals surface area contributed by atoms with Crippen molar-refractivity contribution in [3.8, 4) is 0 Å². The van der Waals surface area contributed by atoms with Gasteiger partial charge in [0.2, 0.25) is 0 Å². The van der Waals surface area contributed by atoms with E-state index in [1.54, 1.807) is 30.3 Å². The van der Waals surface area contributed by atoms with Crippen LogP contribution in [0.3, 0.4) is 0 Å². The minimum absolute atomic E-state index is 0.350. The molecule has 0 bridgehead atoms. The number of nitrogens with one attached hydrogen (secondary N) is 1. The van der Waals surface area contributed by atoms with Crippen LogP contribution in [0, 0.1) is 3.57 Å². The SMILES string of the molecule is O=C(Nc1ccc(Cl)cc1[C@@H](O)c1ccccc1)c1cc(I)ccc1Cl. The third-order valence-electron chi connectivity index (χ3n) is 3.84. The van der Waals surface area contributed by atoms with Crippen LogP contribution in [0.5, 0.6) is 0 Å². The number of aliphatic hydroxyl groups is 1. The molecule has 0 aliphatic rings. The Hall–Kier alpha value is -1.60. The van der Waals surface area contributed by atoms with Crippen molar-refractivity contribution >= 4 is 57.4 Å². The monoisotopic (exact) mass is 497 g/mol. The highest BCUT2D eigenvalue weighted by molar-refractivity contribution is 14.1. The fourth-order valence-electron chi connectivity index (χ4n) is 2.55. The second-order valence-electron chi connectivity index (χ2n) is 5.62. The van der Waals surface area contributed by atoms with Crippen molar-refractivity contribution in [3.63, 3.8) is 0 Å². The average Bonchev–Trinajstić information content (AvgIpc) is 2.65. The number of hydrogen-bond donors (Lipinski definition) is 2. The van der Waals surface area contributed by atoms with Gasteiger partial charge in [-0.2, -0.15) is 0 Å². The molecule has 6 heteroatoms. The lowest BCUT2D eigenvalue weighted by Crippen LogP contribution is -2.15. The summed E-state index contributed by atoms with van der Waals surface area (Å²) in [4.78, 5) is 12.7. The summed E-state index contributed by atoms with van der Waals surface area (Å²) >= 11 is 14.4. The molecule has 1 atom stereocenters. The Kier molecular flexibility index (Phi) is 6.19. The Morgan fingerprint density at radius 3 is 2.46 bits per heavy atom. The van der Waals surface area contributed by atoms with Crippen LogP contribution in [0.2, 0.25) is 10.0 Å². The zero-order chi connectivity index (χ0) is 18.7. The van der Waals surface area contributed by atoms with E-state index in [1.807, 2.05) is 36.4 Å². The van der Waals surface area contributed by atoms with Gasteiger partial charge >= 0.3 is 0 Å². The molecule has 0 saturated carbocycles. The first-order valence-electron chi connectivity index (χ1n) is 7.74. The fraction of sp³-hybridized carbons (Fsp3) is 0.0500. The van der Waals surface area contributed by atoms with Crippen molar-refractivity contribution in [1.29, 1.82) is 0 Å². The van der Waals surface area contributed by atoms with Crippen LogP contribution in [-0.4, -0.2) is 11.0 Å². The highest BCUT2D eigenvalue weighted by Crippen LogP contribution is 2.31. The fourth-order valence-corrected chi connectivity index (χ4v) is 3.42. The smallest absolute Gasteiger partial charge is 0.257 e. The largest absolute Gasteiger partial charge is 0.384 e. The zero-order valence-corrected chi connectivity index (χ0v) is 17.1. The quantitative estimate of drug-likeness (QED) is 0.439. The minimum Gasteiger partial charge on any atom is -0.384 e. The topological polar surface area (TPSA) is 49.3 Å². The van der Waals surface area contributed by atoms with Gasteiger partial charge in [-0.3, -0.25) is 4.79 Å². The summed E-state index contributed by atoms with van der Waals surface area (Å²) in [6.45, 7) is 0. The summed E-state index contributed by atoms with van der Waals surface area (Å²) in [5, 5.41) is 14.4. The van der Waals surface area contributed by atoms with E-state index >= 15 is 0 Å². The predicted octanol–water partition coefficient (Wildman–Crippen LogP) is 5.93. The van der Waals surface area contributed by atoms with Gasteiger partial charge in [0.1, 0.15) is 6.10 Å². The molecule has 132 valence electrons. The standard InChI is InChI=1S/C20H14Cl2INO2/c21-13-6-9-18(16(10-13)19(25)12-4-2-1-3-5-12)24-20(26)15-11-14(23)7-8-17(15)22/h1-11,19,25H,(H,24,26)/t19-/m0/s1. The first kappa shape index (κ1) is 19.2. The van der Waals surface area contributed by atoms with Gasteiger partial charge in [-0.05, 0) is 64.6 Å². The van der Waals surface area contributed by atoms with Crippen LogP contribution in [0.25, 0.3) is 0 Å². The van der Waals surface area contributed by atoms with Gasteiger partial charge in [-0.25, -0.2) is 0 Å². The van der Waals surface area contributed by atoms with E-state index in [1.165, 1.54) is 0 Å². The second-order valence-corrected chi connectivity index (χ2v) is 7.71. The lowest BCUT2D eigenvalue weighted by Gasteiger charge is -2.17. The second kappa shape index (κ2) is 8.39. The van der Waals surface area contributed by atoms with Crippen LogP contribution in [0.4, 0.5) is 5.69 Å². The van der Waals surface area contributed by atoms with Crippen LogP contribution in [0.15, 0.2) is 66.7 Å². The Morgan fingerprint density at radius 1 is 1.00 bits per heavy atom. The normalized spacial score (nSPS) is 11.8. The van der Waals surface area contributed by atoms with Gasteiger partial charge in [0, 0.05) is 19.8 Å². The molecular weight excluding hydrogens is 484 g/mol. The molecule has 3 aromatic carbocycles. The van der Waals surface area contributed by atoms with Gasteiger partial charge < -0.3 is 10.4 Å². The Balaban J connectivity index is 1.96. The molecular formula is C20H14Cl2INO2. The van der Waals surface area contributed by atoms with Crippen molar-refractivity contribution in [1.82, 2.24) is 0 Å². The molecule has 0 heterocycles. The van der Waals surface area contributed by atoms with Gasteiger partial charge in [-0.1, -0.05) is 53.5 Å². The average molecular weight is 498 g/mol. The molecule has 1 amide bonds. The van der Waals surface area contributed by atoms with E-state index in [0.29, 0.717) is 32.4 Å². The van der Waals surface area contributed by atoms with E-state index < -0.39 is 6.10 Å². The molecule has 0 spiro atoms. The number of rotatable bonds is 4. The van der Waals surface area contributed by atoms with Crippen LogP contribution in [-0.2, 0) is 0 Å². The first-order chi connectivity index (χ1) is 12.5. The molecule has 0 aliphatic heterocycles. The third kappa shape index (κ3) is 4.38. The van der Waals surface area contributed by atoms with E-state index in [-0.39, 0.29) is 5.91 Å². The number of carbonyl (C=O) groups excluding carboxylic acids is 1. The van der Waals surface area contributed by atoms with E-state index in [2.05, 4.69) is 27.9 Å². The highest BCUT2D eigenvalue weighted by Gasteiger charge is 2.18. The number of benzene rings is 3. The number of amides is 1. The molecule has 0 radical (unpaired) electrons. The number of anilines is 1. The maximum Gasteiger partial charge on any atom is 0.257 e. The summed E-state index contributed by atoms with van der Waals surface area (Å²) in [7, 11) is 0. The van der Waals surface area contributed by atoms with E-state index in [0.717, 1.165) is 3.57 Å². The maximum absolute atomic E-state index is 12.7. The first-order valence-corrected chi connectivity index (χ1v) is 9.58. The molecule has 3 aromatic rings. The van der Waals surface area contributed by atoms with Gasteiger partial charge in [0.05, 0.1) is 10.6 Å². The minimum atomic E-state index is -0.920. The molecule has 26 heavy (non-hydrogen) atoms. The molecule has 3 nitrogen and oxygen atoms in total. The number of carbonyl (C=O) groups is 1. The van der Waals surface area contributed by atoms with Gasteiger partial charge in [-0.15, -0.1) is 0 Å². The lowest BCUT2D eigenvalue weighted by atomic mass is 9.99. The molecule has 0 saturated heterocycles. The highest BCUT2D eigenvalue weighted by atomic mass is 127. The Bertz CT molecular complexity index is 948. The molecule has 0 unspecified atom stereocenters. The summed E-state index contributed by atoms with van der Waals surface area (Å²) < 4.78 is 0.901. The van der Waals surface area contributed by atoms with Crippen molar-refractivity contribution in [2.24, 2.45) is 0 Å². The van der Waals surface area contributed by atoms with Crippen LogP contribution < -0.4 is 5.32 Å². The summed E-state index contributed by atoms with van der Waals surface area (Å²) in [6.07, 6.45) is -0.920. The van der Waals surface area contributed by atoms with Gasteiger partial charge in [0.15, 0.2) is 0 Å². The summed E-state index contributed by atoms with van der Waals surface area (Å²) in [5.74, 6) is -0.350. The Labute approximate surface area is 175 Å². The zero-order valence-electron chi connectivity index (χ0n) is 13.4. The molecule has 2 N–H and O–H groups in total. The molecule has 0 aliphatic carbocycles. The van der Waals surface area contributed by atoms with Crippen molar-refractivity contribution in [2.75, 3.05) is 5.32 Å². The molecule has 0 aromatic heterocycles. The van der Waals surface area contributed by atoms with Crippen molar-refractivity contribution < 1.29 is 9.90 Å². The molecule has 0 fully saturated rings. The summed E-state index contributed by atoms with van der Waals surface area (Å²) in [5.41, 5.74) is 2.07. The maximum atomic E-state index is 12.7. The summed E-state index contributed by atoms with van der Waals surface area (Å²) in [6, 6.07) is 19.4. The van der Waals surface area contributed by atoms with E-state index in [9.17, 15) is 9.90 Å². The predicted molar refractivity (Wildman–Crippen MR) is 114 cm³/mol. The molecule has 3 rings (SSSR count). The number of hydrogen-bond acceptors (Lipinski definition) is 2. The van der Waals surface area contributed by atoms with Crippen molar-refractivity contribution in [2.45, 2.75) is 6.10 Å². The number of aliphatic hydroxyl groups excluding tert-OH is 1. The Morgan fingerprint density at radius 2 is 1.73 bits per heavy atom. The van der Waals surface area contributed by atoms with E-state index in [4.69, 9.17) is 23.2 Å². The third-order valence-corrected chi connectivity index (χ3v) is 5.08. The van der Waals surface area contributed by atoms with Crippen LogP contribution in [0.1, 0.15) is 27.6 Å². The number of halogens is 3. The van der Waals surface area contributed by atoms with Gasteiger partial charge in [0.25, 0.3) is 5.91 Å². The van der Waals surface area contributed by atoms with Crippen molar-refractivity contribution in [3.05, 3.63) is 97.0 Å².